The van der Waals surface area contributed by atoms with E-state index >= 15 is 0 Å². The van der Waals surface area contributed by atoms with Gasteiger partial charge in [0, 0.05) is 5.56 Å². The Morgan fingerprint density at radius 2 is 1.71 bits per heavy atom. The molecule has 0 spiro atoms. The van der Waals surface area contributed by atoms with Gasteiger partial charge in [-0.25, -0.2) is 0 Å². The first kappa shape index (κ1) is 15.6. The number of fused-ring (bicyclic) bond motifs is 1. The van der Waals surface area contributed by atoms with Crippen molar-refractivity contribution in [1.29, 1.82) is 0 Å². The number of benzene rings is 2. The van der Waals surface area contributed by atoms with Crippen LogP contribution in [-0.4, -0.2) is 28.2 Å². The van der Waals surface area contributed by atoms with Gasteiger partial charge in [0.1, 0.15) is 5.58 Å². The van der Waals surface area contributed by atoms with E-state index in [-0.39, 0.29) is 34.6 Å². The summed E-state index contributed by atoms with van der Waals surface area (Å²) in [6.07, 6.45) is 0. The van der Waals surface area contributed by atoms with Gasteiger partial charge >= 0.3 is 23.1 Å². The molecule has 3 aromatic rings. The first-order valence-corrected chi connectivity index (χ1v) is 6.40. The van der Waals surface area contributed by atoms with Crippen LogP contribution in [0.25, 0.3) is 22.3 Å². The summed E-state index contributed by atoms with van der Waals surface area (Å²) in [5.74, 6) is -0.122. The SMILES string of the molecule is Cc1ccc(-c2oc3ccccc3c(=O)c2O)cc1C.[Mg+2]. The normalized spacial score (nSPS) is 10.4. The fraction of sp³-hybridized carbons (Fsp3) is 0.118. The molecule has 0 radical (unpaired) electrons. The van der Waals surface area contributed by atoms with Crippen LogP contribution in [0.5, 0.6) is 5.75 Å². The van der Waals surface area contributed by atoms with Crippen LogP contribution >= 0.6 is 0 Å². The Morgan fingerprint density at radius 1 is 1.00 bits per heavy atom. The maximum atomic E-state index is 12.2. The molecule has 0 fully saturated rings. The van der Waals surface area contributed by atoms with Crippen LogP contribution in [0.4, 0.5) is 0 Å². The van der Waals surface area contributed by atoms with Gasteiger partial charge in [-0.15, -0.1) is 0 Å². The number of hydrogen-bond acceptors (Lipinski definition) is 3. The molecule has 0 atom stereocenters. The van der Waals surface area contributed by atoms with Crippen LogP contribution in [0.3, 0.4) is 0 Å². The maximum Gasteiger partial charge on any atom is 2.00 e. The second-order valence-electron chi connectivity index (χ2n) is 4.90. The van der Waals surface area contributed by atoms with Crippen LogP contribution < -0.4 is 5.43 Å². The minimum Gasteiger partial charge on any atom is -0.502 e. The first-order valence-electron chi connectivity index (χ1n) is 6.40. The molecule has 2 aromatic carbocycles. The fourth-order valence-corrected chi connectivity index (χ4v) is 2.21. The molecule has 0 bridgehead atoms. The van der Waals surface area contributed by atoms with E-state index in [0.29, 0.717) is 16.5 Å². The molecule has 4 heteroatoms. The standard InChI is InChI=1S/C17H14O3.Mg/c1-10-7-8-12(9-11(10)2)17-16(19)15(18)13-5-3-4-6-14(13)20-17;/h3-9,19H,1-2H3;/q;+2. The Bertz CT molecular complexity index is 866. The second-order valence-corrected chi connectivity index (χ2v) is 4.90. The molecule has 3 nitrogen and oxygen atoms in total. The van der Waals surface area contributed by atoms with Crippen molar-refractivity contribution >= 4 is 34.0 Å². The molecule has 1 heterocycles. The van der Waals surface area contributed by atoms with Gasteiger partial charge in [-0.3, -0.25) is 4.79 Å². The minimum atomic E-state index is -0.403. The Hall–Kier alpha value is -1.78. The number of rotatable bonds is 1. The van der Waals surface area contributed by atoms with Gasteiger partial charge < -0.3 is 9.52 Å². The van der Waals surface area contributed by atoms with E-state index in [1.807, 2.05) is 32.0 Å². The molecule has 1 aromatic heterocycles. The van der Waals surface area contributed by atoms with E-state index in [4.69, 9.17) is 4.42 Å². The summed E-state index contributed by atoms with van der Waals surface area (Å²) in [7, 11) is 0. The van der Waals surface area contributed by atoms with Gasteiger partial charge in [-0.1, -0.05) is 24.3 Å². The Kier molecular flexibility index (Phi) is 4.39. The van der Waals surface area contributed by atoms with Crippen molar-refractivity contribution in [2.24, 2.45) is 0 Å². The van der Waals surface area contributed by atoms with Gasteiger partial charge in [0.05, 0.1) is 5.39 Å². The summed E-state index contributed by atoms with van der Waals surface area (Å²) in [5.41, 5.74) is 3.01. The molecular weight excluding hydrogens is 276 g/mol. The summed E-state index contributed by atoms with van der Waals surface area (Å²) >= 11 is 0. The number of para-hydroxylation sites is 1. The quantitative estimate of drug-likeness (QED) is 0.699. The minimum absolute atomic E-state index is 0. The van der Waals surface area contributed by atoms with E-state index in [1.54, 1.807) is 24.3 Å². The molecule has 1 N–H and O–H groups in total. The van der Waals surface area contributed by atoms with Gasteiger partial charge in [0.15, 0.2) is 5.76 Å². The Balaban J connectivity index is 0.00000161. The zero-order valence-corrected chi connectivity index (χ0v) is 13.4. The fourth-order valence-electron chi connectivity index (χ4n) is 2.21. The van der Waals surface area contributed by atoms with E-state index in [9.17, 15) is 9.90 Å². The van der Waals surface area contributed by atoms with E-state index in [0.717, 1.165) is 11.1 Å². The second kappa shape index (κ2) is 5.91. The molecule has 0 saturated carbocycles. The summed E-state index contributed by atoms with van der Waals surface area (Å²) in [4.78, 5) is 12.2. The van der Waals surface area contributed by atoms with Crippen molar-refractivity contribution in [3.8, 4) is 17.1 Å². The van der Waals surface area contributed by atoms with Crippen LogP contribution in [0.1, 0.15) is 11.1 Å². The average Bonchev–Trinajstić information content (AvgIpc) is 2.46. The van der Waals surface area contributed by atoms with Crippen molar-refractivity contribution in [2.45, 2.75) is 13.8 Å². The molecular formula is C17H14MgO3+2. The van der Waals surface area contributed by atoms with Crippen LogP contribution in [0.15, 0.2) is 51.7 Å². The Morgan fingerprint density at radius 3 is 2.43 bits per heavy atom. The van der Waals surface area contributed by atoms with E-state index in [1.165, 1.54) is 0 Å². The van der Waals surface area contributed by atoms with Gasteiger partial charge in [-0.05, 0) is 43.2 Å². The third-order valence-electron chi connectivity index (χ3n) is 3.54. The van der Waals surface area contributed by atoms with Crippen LogP contribution in [0.2, 0.25) is 0 Å². The molecule has 0 saturated heterocycles. The van der Waals surface area contributed by atoms with E-state index in [2.05, 4.69) is 0 Å². The largest absolute Gasteiger partial charge is 2.00 e. The van der Waals surface area contributed by atoms with Crippen molar-refractivity contribution in [3.63, 3.8) is 0 Å². The predicted molar refractivity (Wildman–Crippen MR) is 84.8 cm³/mol. The summed E-state index contributed by atoms with van der Waals surface area (Å²) in [5, 5.41) is 10.5. The number of hydrogen-bond donors (Lipinski definition) is 1. The van der Waals surface area contributed by atoms with Gasteiger partial charge in [0.2, 0.25) is 11.2 Å². The van der Waals surface area contributed by atoms with Crippen molar-refractivity contribution in [2.75, 3.05) is 0 Å². The van der Waals surface area contributed by atoms with Gasteiger partial charge in [0.25, 0.3) is 0 Å². The van der Waals surface area contributed by atoms with Crippen molar-refractivity contribution in [3.05, 3.63) is 63.8 Å². The average molecular weight is 291 g/mol. The monoisotopic (exact) mass is 290 g/mol. The molecule has 0 unspecified atom stereocenters. The topological polar surface area (TPSA) is 50.4 Å². The van der Waals surface area contributed by atoms with Crippen molar-refractivity contribution < 1.29 is 9.52 Å². The molecule has 0 aliphatic heterocycles. The van der Waals surface area contributed by atoms with Crippen LogP contribution in [-0.2, 0) is 0 Å². The summed E-state index contributed by atoms with van der Waals surface area (Å²) in [6, 6.07) is 12.6. The van der Waals surface area contributed by atoms with Gasteiger partial charge in [-0.2, -0.15) is 0 Å². The number of aromatic hydroxyl groups is 1. The molecule has 0 aliphatic rings. The third-order valence-corrected chi connectivity index (χ3v) is 3.54. The number of aryl methyl sites for hydroxylation is 2. The maximum absolute atomic E-state index is 12.2. The molecule has 0 amide bonds. The van der Waals surface area contributed by atoms with Crippen LogP contribution in [0, 0.1) is 13.8 Å². The molecule has 3 rings (SSSR count). The summed E-state index contributed by atoms with van der Waals surface area (Å²) < 4.78 is 5.70. The Labute approximate surface area is 138 Å². The predicted octanol–water partition coefficient (Wildman–Crippen LogP) is 3.40. The van der Waals surface area contributed by atoms with E-state index < -0.39 is 5.43 Å². The third kappa shape index (κ3) is 2.69. The summed E-state index contributed by atoms with van der Waals surface area (Å²) in [6.45, 7) is 3.99. The van der Waals surface area contributed by atoms with Crippen molar-refractivity contribution in [1.82, 2.24) is 0 Å². The smallest absolute Gasteiger partial charge is 0.502 e. The molecule has 100 valence electrons. The zero-order valence-electron chi connectivity index (χ0n) is 12.0. The first-order chi connectivity index (χ1) is 9.58. The molecule has 21 heavy (non-hydrogen) atoms. The molecule has 0 aliphatic carbocycles. The zero-order chi connectivity index (χ0) is 14.3.